The fourth-order valence-electron chi connectivity index (χ4n) is 4.70. The maximum atomic E-state index is 13.7. The summed E-state index contributed by atoms with van der Waals surface area (Å²) < 4.78 is 5.13. The zero-order chi connectivity index (χ0) is 27.0. The largest absolute Gasteiger partial charge is 0.497 e. The summed E-state index contributed by atoms with van der Waals surface area (Å²) in [7, 11) is 1.49. The normalized spacial score (nSPS) is 23.8. The van der Waals surface area contributed by atoms with Crippen LogP contribution in [0.2, 0.25) is 0 Å². The lowest BCUT2D eigenvalue weighted by molar-refractivity contribution is -0.384. The second-order valence-electron chi connectivity index (χ2n) is 8.93. The van der Waals surface area contributed by atoms with Gasteiger partial charge in [-0.05, 0) is 56.2 Å². The van der Waals surface area contributed by atoms with Crippen LogP contribution in [0.1, 0.15) is 40.5 Å². The molecule has 12 heteroatoms. The molecule has 194 valence electrons. The molecule has 5 atom stereocenters. The van der Waals surface area contributed by atoms with Crippen LogP contribution >= 0.6 is 31.9 Å². The highest BCUT2D eigenvalue weighted by atomic mass is 79.9. The summed E-state index contributed by atoms with van der Waals surface area (Å²) >= 11 is 7.09. The number of nitrogens with zero attached hydrogens (tertiary/aromatic N) is 3. The van der Waals surface area contributed by atoms with Crippen LogP contribution in [0.4, 0.5) is 5.69 Å². The quantitative estimate of drug-likeness (QED) is 0.147. The van der Waals surface area contributed by atoms with Gasteiger partial charge in [0.15, 0.2) is 5.78 Å². The van der Waals surface area contributed by atoms with E-state index in [1.807, 2.05) is 0 Å². The van der Waals surface area contributed by atoms with E-state index in [0.29, 0.717) is 18.6 Å². The standard InChI is InChI=1S/C25H23Br2N3O7/c1-13(22(31)14-5-9-17(37-2)10-6-14)28(23(32)15-3-7-16(8-4-15)30(35)36)29-24(33)18-11-20(26)21(27)12-19(18)25(29)34/h3-10,13,18-21H,11-12H2,1-2H3/t13-,18-,19+,20+,21-/m0/s1. The summed E-state index contributed by atoms with van der Waals surface area (Å²) in [6.45, 7) is 1.44. The Balaban J connectivity index is 1.74. The van der Waals surface area contributed by atoms with Crippen molar-refractivity contribution in [2.75, 3.05) is 7.11 Å². The van der Waals surface area contributed by atoms with E-state index < -0.39 is 46.3 Å². The molecule has 3 amide bonds. The molecule has 0 radical (unpaired) electrons. The molecule has 0 bridgehead atoms. The Bertz CT molecular complexity index is 1220. The van der Waals surface area contributed by atoms with Crippen molar-refractivity contribution in [1.82, 2.24) is 10.0 Å². The van der Waals surface area contributed by atoms with Crippen molar-refractivity contribution in [3.8, 4) is 5.75 Å². The molecule has 10 nitrogen and oxygen atoms in total. The monoisotopic (exact) mass is 635 g/mol. The van der Waals surface area contributed by atoms with E-state index in [0.717, 1.165) is 22.2 Å². The molecule has 1 aliphatic heterocycles. The van der Waals surface area contributed by atoms with Crippen LogP contribution in [0.3, 0.4) is 0 Å². The average Bonchev–Trinajstić information content (AvgIpc) is 3.12. The van der Waals surface area contributed by atoms with Crippen molar-refractivity contribution in [2.24, 2.45) is 11.8 Å². The number of carbonyl (C=O) groups is 4. The van der Waals surface area contributed by atoms with Crippen LogP contribution in [-0.4, -0.2) is 61.3 Å². The number of ketones is 1. The van der Waals surface area contributed by atoms with E-state index in [1.165, 1.54) is 38.3 Å². The summed E-state index contributed by atoms with van der Waals surface area (Å²) in [4.78, 5) is 64.6. The summed E-state index contributed by atoms with van der Waals surface area (Å²) in [5.74, 6) is -3.14. The molecule has 1 aliphatic carbocycles. The van der Waals surface area contributed by atoms with Crippen LogP contribution in [-0.2, 0) is 9.59 Å². The predicted octanol–water partition coefficient (Wildman–Crippen LogP) is 4.15. The van der Waals surface area contributed by atoms with Crippen molar-refractivity contribution >= 4 is 61.1 Å². The fraction of sp³-hybridized carbons (Fsp3) is 0.360. The number of Topliss-reactive ketones (excluding diaryl/α,β-unsaturated/α-hetero) is 1. The third-order valence-corrected chi connectivity index (χ3v) is 9.49. The minimum absolute atomic E-state index is 0.00723. The number of alkyl halides is 2. The number of hydrogen-bond donors (Lipinski definition) is 0. The smallest absolute Gasteiger partial charge is 0.273 e. The third kappa shape index (κ3) is 5.04. The number of methoxy groups -OCH3 is 1. The van der Waals surface area contributed by atoms with E-state index in [4.69, 9.17) is 4.74 Å². The van der Waals surface area contributed by atoms with E-state index in [-0.39, 0.29) is 26.5 Å². The lowest BCUT2D eigenvalue weighted by Gasteiger charge is -2.34. The van der Waals surface area contributed by atoms with Gasteiger partial charge in [0.25, 0.3) is 23.4 Å². The molecule has 0 spiro atoms. The number of hydrazine groups is 1. The highest BCUT2D eigenvalue weighted by Crippen LogP contribution is 2.44. The van der Waals surface area contributed by atoms with Crippen molar-refractivity contribution in [1.29, 1.82) is 0 Å². The van der Waals surface area contributed by atoms with Gasteiger partial charge in [0.1, 0.15) is 11.8 Å². The summed E-state index contributed by atoms with van der Waals surface area (Å²) in [5.41, 5.74) is 0.0241. The van der Waals surface area contributed by atoms with Gasteiger partial charge in [-0.2, -0.15) is 5.01 Å². The summed E-state index contributed by atoms with van der Waals surface area (Å²) in [6.07, 6.45) is 0.782. The van der Waals surface area contributed by atoms with Gasteiger partial charge < -0.3 is 4.74 Å². The number of benzene rings is 2. The number of hydrogen-bond acceptors (Lipinski definition) is 7. The van der Waals surface area contributed by atoms with Crippen molar-refractivity contribution in [2.45, 2.75) is 35.5 Å². The minimum Gasteiger partial charge on any atom is -0.497 e. The Morgan fingerprint density at radius 3 is 1.92 bits per heavy atom. The van der Waals surface area contributed by atoms with Gasteiger partial charge in [-0.1, -0.05) is 31.9 Å². The number of nitro groups is 1. The first-order valence-corrected chi connectivity index (χ1v) is 13.3. The zero-order valence-corrected chi connectivity index (χ0v) is 23.0. The Morgan fingerprint density at radius 2 is 1.46 bits per heavy atom. The third-order valence-electron chi connectivity index (χ3n) is 6.76. The number of fused-ring (bicyclic) bond motifs is 1. The number of non-ortho nitro benzene ring substituents is 1. The number of ether oxygens (including phenoxy) is 1. The van der Waals surface area contributed by atoms with Crippen molar-refractivity contribution in [3.05, 3.63) is 69.8 Å². The molecule has 0 aromatic heterocycles. The van der Waals surface area contributed by atoms with Crippen LogP contribution < -0.4 is 4.74 Å². The van der Waals surface area contributed by atoms with Gasteiger partial charge in [0, 0.05) is 32.9 Å². The molecule has 2 aromatic carbocycles. The summed E-state index contributed by atoms with van der Waals surface area (Å²) in [5, 5.41) is 12.8. The van der Waals surface area contributed by atoms with Crippen LogP contribution in [0.5, 0.6) is 5.75 Å². The van der Waals surface area contributed by atoms with Crippen LogP contribution in [0, 0.1) is 22.0 Å². The molecule has 4 rings (SSSR count). The summed E-state index contributed by atoms with van der Waals surface area (Å²) in [6, 6.07) is 9.79. The Morgan fingerprint density at radius 1 is 0.973 bits per heavy atom. The second-order valence-corrected chi connectivity index (χ2v) is 11.3. The molecule has 1 heterocycles. The number of imide groups is 1. The number of amides is 3. The first-order chi connectivity index (χ1) is 17.5. The number of halogens is 2. The molecule has 37 heavy (non-hydrogen) atoms. The van der Waals surface area contributed by atoms with Gasteiger partial charge in [-0.15, -0.1) is 0 Å². The highest BCUT2D eigenvalue weighted by molar-refractivity contribution is 9.12. The Kier molecular flexibility index (Phi) is 7.79. The molecular formula is C25H23Br2N3O7. The maximum absolute atomic E-state index is 13.7. The molecule has 2 fully saturated rings. The molecular weight excluding hydrogens is 614 g/mol. The van der Waals surface area contributed by atoms with Gasteiger partial charge >= 0.3 is 0 Å². The molecule has 2 aromatic rings. The van der Waals surface area contributed by atoms with Crippen LogP contribution in [0.15, 0.2) is 48.5 Å². The lowest BCUT2D eigenvalue weighted by atomic mass is 9.81. The molecule has 0 N–H and O–H groups in total. The number of carbonyl (C=O) groups excluding carboxylic acids is 4. The van der Waals surface area contributed by atoms with Crippen LogP contribution in [0.25, 0.3) is 0 Å². The van der Waals surface area contributed by atoms with E-state index in [1.54, 1.807) is 12.1 Å². The molecule has 1 saturated heterocycles. The van der Waals surface area contributed by atoms with Crippen molar-refractivity contribution in [3.63, 3.8) is 0 Å². The molecule has 0 unspecified atom stereocenters. The van der Waals surface area contributed by atoms with Gasteiger partial charge in [-0.25, -0.2) is 5.01 Å². The minimum atomic E-state index is -1.23. The maximum Gasteiger partial charge on any atom is 0.273 e. The van der Waals surface area contributed by atoms with Gasteiger partial charge in [0.05, 0.1) is 23.9 Å². The first-order valence-electron chi connectivity index (χ1n) is 11.5. The van der Waals surface area contributed by atoms with E-state index in [9.17, 15) is 29.3 Å². The van der Waals surface area contributed by atoms with Crippen molar-refractivity contribution < 1.29 is 28.8 Å². The van der Waals surface area contributed by atoms with Gasteiger partial charge in [0.2, 0.25) is 0 Å². The number of rotatable bonds is 7. The lowest BCUT2D eigenvalue weighted by Crippen LogP contribution is -2.56. The average molecular weight is 637 g/mol. The zero-order valence-electron chi connectivity index (χ0n) is 19.9. The predicted molar refractivity (Wildman–Crippen MR) is 140 cm³/mol. The number of nitro benzene ring substituents is 1. The molecule has 1 saturated carbocycles. The Labute approximate surface area is 229 Å². The van der Waals surface area contributed by atoms with E-state index >= 15 is 0 Å². The van der Waals surface area contributed by atoms with Gasteiger partial charge in [-0.3, -0.25) is 29.3 Å². The molecule has 2 aliphatic rings. The SMILES string of the molecule is COc1ccc(C(=O)[C@H](C)N(C(=O)c2ccc([N+](=O)[O-])cc2)N2C(=O)[C@H]3C[C@@H](Br)[C@@H](Br)C[C@H]3C2=O)cc1. The topological polar surface area (TPSA) is 127 Å². The highest BCUT2D eigenvalue weighted by Gasteiger charge is 2.55. The Hall–Kier alpha value is -3.12. The van der Waals surface area contributed by atoms with E-state index in [2.05, 4.69) is 31.9 Å². The first kappa shape index (κ1) is 26.9. The second kappa shape index (κ2) is 10.7. The fourth-order valence-corrected chi connectivity index (χ4v) is 5.93.